The molecule has 4 aliphatic carbocycles. The SMILES string of the molecule is c1ccc(-c2ccc(-c3ccccc3-c3ccc4c5c(cccc35)-c3ccccc3-4)cc2)cc1.c1ccc(-c2ccc(-c3ccccc3-c3ccc4c5c(cccc35)-c3ccccc3-4)cc2)cc1.c1ccc(-c2ccc(-c3ccccc3-c3ccc4c5c(cccc35)-c3ccccc3-4)cc2)cc1.c1ccc(-c2ccccc2-c2ccc3c4c(cccc24)-c2ccccc2-3)cc1. The van der Waals surface area contributed by atoms with Crippen LogP contribution in [-0.4, -0.2) is 0 Å². The summed E-state index contributed by atoms with van der Waals surface area (Å²) in [4.78, 5) is 0. The Kier molecular flexibility index (Phi) is 19.4. The van der Waals surface area contributed by atoms with Crippen LogP contribution in [0.25, 0.3) is 255 Å². The van der Waals surface area contributed by atoms with Crippen molar-refractivity contribution in [3.63, 3.8) is 0 Å². The van der Waals surface area contributed by atoms with Gasteiger partial charge in [-0.2, -0.15) is 0 Å². The summed E-state index contributed by atoms with van der Waals surface area (Å²) in [5.74, 6) is 0. The quantitative estimate of drug-likeness (QED) is 0.121. The summed E-state index contributed by atoms with van der Waals surface area (Å²) in [6.45, 7) is 0. The third-order valence-electron chi connectivity index (χ3n) is 27.1. The van der Waals surface area contributed by atoms with Gasteiger partial charge in [0.05, 0.1) is 0 Å². The Balaban J connectivity index is 0.0000000963. The van der Waals surface area contributed by atoms with Gasteiger partial charge >= 0.3 is 0 Å². The highest BCUT2D eigenvalue weighted by Crippen LogP contribution is 2.56. The molecule has 0 radical (unpaired) electrons. The second kappa shape index (κ2) is 32.9. The summed E-state index contributed by atoms with van der Waals surface area (Å²) in [5.41, 5.74) is 49.2. The molecule has 0 unspecified atom stereocenters. The van der Waals surface area contributed by atoms with E-state index >= 15 is 0 Å². The molecule has 0 nitrogen and oxygen atoms in total. The Labute approximate surface area is 758 Å². The Bertz CT molecular complexity index is 7600. The molecule has 0 fully saturated rings. The largest absolute Gasteiger partial charge is 0.0622 e. The van der Waals surface area contributed by atoms with Gasteiger partial charge in [-0.3, -0.25) is 0 Å². The van der Waals surface area contributed by atoms with E-state index in [1.54, 1.807) is 0 Å². The van der Waals surface area contributed by atoms with E-state index in [1.807, 2.05) is 0 Å². The average molecular weight is 1650 g/mol. The maximum atomic E-state index is 2.31. The van der Waals surface area contributed by atoms with Crippen molar-refractivity contribution in [2.24, 2.45) is 0 Å². The maximum absolute atomic E-state index is 2.31. The predicted molar refractivity (Wildman–Crippen MR) is 553 cm³/mol. The molecule has 0 spiro atoms. The van der Waals surface area contributed by atoms with E-state index in [4.69, 9.17) is 0 Å². The highest BCUT2D eigenvalue weighted by Gasteiger charge is 2.29. The Morgan fingerprint density at radius 2 is 0.185 bits per heavy atom. The van der Waals surface area contributed by atoms with Crippen LogP contribution >= 0.6 is 0 Å². The van der Waals surface area contributed by atoms with Gasteiger partial charge in [-0.05, 0) is 255 Å². The second-order valence-electron chi connectivity index (χ2n) is 34.1. The predicted octanol–water partition coefficient (Wildman–Crippen LogP) is 36.3. The minimum atomic E-state index is 1.24. The maximum Gasteiger partial charge on any atom is -0.00201 e. The molecule has 0 atom stereocenters. The van der Waals surface area contributed by atoms with E-state index in [0.717, 1.165) is 0 Å². The molecule has 23 aromatic rings. The second-order valence-corrected chi connectivity index (χ2v) is 34.1. The molecule has 0 saturated heterocycles. The van der Waals surface area contributed by atoms with Gasteiger partial charge in [0.1, 0.15) is 0 Å². The van der Waals surface area contributed by atoms with E-state index in [9.17, 15) is 0 Å². The smallest absolute Gasteiger partial charge is 0.00201 e. The molecule has 130 heavy (non-hydrogen) atoms. The van der Waals surface area contributed by atoms with Gasteiger partial charge in [0.2, 0.25) is 0 Å². The summed E-state index contributed by atoms with van der Waals surface area (Å²) in [5, 5.41) is 10.8. The van der Waals surface area contributed by atoms with Crippen LogP contribution in [0.4, 0.5) is 0 Å². The third kappa shape index (κ3) is 13.4. The first kappa shape index (κ1) is 76.7. The van der Waals surface area contributed by atoms with Crippen molar-refractivity contribution in [3.05, 3.63) is 510 Å². The zero-order valence-corrected chi connectivity index (χ0v) is 71.5. The van der Waals surface area contributed by atoms with E-state index < -0.39 is 0 Å². The molecular formula is C130H84. The van der Waals surface area contributed by atoms with E-state index in [2.05, 4.69) is 510 Å². The topological polar surface area (TPSA) is 0 Å². The zero-order valence-electron chi connectivity index (χ0n) is 71.5. The lowest BCUT2D eigenvalue weighted by Gasteiger charge is -2.14. The molecule has 4 aliphatic rings. The van der Waals surface area contributed by atoms with Crippen LogP contribution < -0.4 is 0 Å². The van der Waals surface area contributed by atoms with Crippen molar-refractivity contribution in [1.82, 2.24) is 0 Å². The van der Waals surface area contributed by atoms with Crippen LogP contribution in [-0.2, 0) is 0 Å². The van der Waals surface area contributed by atoms with Gasteiger partial charge in [0.15, 0.2) is 0 Å². The minimum absolute atomic E-state index is 1.24. The number of benzene rings is 23. The molecule has 0 saturated carbocycles. The molecule has 0 aromatic heterocycles. The van der Waals surface area contributed by atoms with Gasteiger partial charge < -0.3 is 0 Å². The van der Waals surface area contributed by atoms with Crippen LogP contribution in [0.2, 0.25) is 0 Å². The van der Waals surface area contributed by atoms with Crippen molar-refractivity contribution in [1.29, 1.82) is 0 Å². The minimum Gasteiger partial charge on any atom is -0.0622 e. The molecule has 0 heteroatoms. The molecule has 0 amide bonds. The number of rotatable bonds is 11. The van der Waals surface area contributed by atoms with Crippen LogP contribution in [0.1, 0.15) is 0 Å². The first-order valence-corrected chi connectivity index (χ1v) is 45.1. The zero-order chi connectivity index (χ0) is 86.0. The molecule has 0 bridgehead atoms. The molecule has 0 heterocycles. The van der Waals surface area contributed by atoms with Crippen LogP contribution in [0, 0.1) is 0 Å². The summed E-state index contributed by atoms with van der Waals surface area (Å²) < 4.78 is 0. The van der Waals surface area contributed by atoms with Crippen molar-refractivity contribution >= 4 is 43.1 Å². The molecule has 23 aromatic carbocycles. The Morgan fingerprint density at radius 3 is 0.385 bits per heavy atom. The lowest BCUT2D eigenvalue weighted by atomic mass is 9.89. The lowest BCUT2D eigenvalue weighted by molar-refractivity contribution is 1.58. The molecular weight excluding hydrogens is 1560 g/mol. The van der Waals surface area contributed by atoms with Gasteiger partial charge in [0, 0.05) is 0 Å². The molecule has 604 valence electrons. The standard InChI is InChI=1S/3C34H22.C28H18/c3*1-2-9-23(10-3-1)24-17-19-25(20-18-24)26-11-4-5-12-27(26)30-21-22-33-29-14-7-6-13-28(29)31-15-8-16-32(30)34(31)33;1-2-9-19(10-3-1)20-11-4-5-12-21(20)24-17-18-27-23-14-7-6-13-22(23)25-15-8-16-26(24)28(25)27/h3*1-22H;1-18H. The fourth-order valence-electron chi connectivity index (χ4n) is 21.1. The van der Waals surface area contributed by atoms with E-state index in [0.29, 0.717) is 0 Å². The van der Waals surface area contributed by atoms with Gasteiger partial charge in [-0.15, -0.1) is 0 Å². The summed E-state index contributed by atoms with van der Waals surface area (Å²) in [7, 11) is 0. The van der Waals surface area contributed by atoms with Crippen molar-refractivity contribution in [2.75, 3.05) is 0 Å². The van der Waals surface area contributed by atoms with E-state index in [1.165, 1.54) is 255 Å². The van der Waals surface area contributed by atoms with E-state index in [-0.39, 0.29) is 0 Å². The van der Waals surface area contributed by atoms with Crippen molar-refractivity contribution < 1.29 is 0 Å². The highest BCUT2D eigenvalue weighted by atomic mass is 14.3. The van der Waals surface area contributed by atoms with Gasteiger partial charge in [-0.1, -0.05) is 510 Å². The Morgan fingerprint density at radius 1 is 0.0615 bits per heavy atom. The van der Waals surface area contributed by atoms with Crippen LogP contribution in [0.15, 0.2) is 510 Å². The van der Waals surface area contributed by atoms with Gasteiger partial charge in [0.25, 0.3) is 0 Å². The lowest BCUT2D eigenvalue weighted by Crippen LogP contribution is -1.88. The van der Waals surface area contributed by atoms with Crippen molar-refractivity contribution in [3.8, 4) is 211 Å². The van der Waals surface area contributed by atoms with Crippen molar-refractivity contribution in [2.45, 2.75) is 0 Å². The monoisotopic (exact) mass is 1640 g/mol. The first-order valence-electron chi connectivity index (χ1n) is 45.1. The summed E-state index contributed by atoms with van der Waals surface area (Å²) >= 11 is 0. The number of hydrogen-bond donors (Lipinski definition) is 0. The third-order valence-corrected chi connectivity index (χ3v) is 27.1. The summed E-state index contributed by atoms with van der Waals surface area (Å²) in [6.07, 6.45) is 0. The first-order chi connectivity index (χ1) is 64.6. The molecule has 27 rings (SSSR count). The van der Waals surface area contributed by atoms with Crippen LogP contribution in [0.5, 0.6) is 0 Å². The van der Waals surface area contributed by atoms with Gasteiger partial charge in [-0.25, -0.2) is 0 Å². The molecule has 0 aliphatic heterocycles. The fraction of sp³-hybridized carbons (Fsp3) is 0. The summed E-state index contributed by atoms with van der Waals surface area (Å²) in [6, 6.07) is 185. The average Bonchev–Trinajstić information content (AvgIpc) is 1.58. The van der Waals surface area contributed by atoms with Crippen LogP contribution in [0.3, 0.4) is 0 Å². The Hall–Kier alpha value is -16.9. The molecule has 0 N–H and O–H groups in total. The fourth-order valence-corrected chi connectivity index (χ4v) is 21.1. The number of fused-ring (bicyclic) bond motifs is 12. The number of hydrogen-bond acceptors (Lipinski definition) is 0. The highest BCUT2D eigenvalue weighted by molar-refractivity contribution is 6.23. The normalized spacial score (nSPS) is 11.5.